The van der Waals surface area contributed by atoms with Crippen LogP contribution in [0.15, 0.2) is 10.2 Å². The molecule has 0 aromatic rings. The van der Waals surface area contributed by atoms with Gasteiger partial charge in [0, 0.05) is 0 Å². The second kappa shape index (κ2) is 15.8. The van der Waals surface area contributed by atoms with Gasteiger partial charge in [0.1, 0.15) is 0 Å². The van der Waals surface area contributed by atoms with Crippen LogP contribution in [0.3, 0.4) is 0 Å². The quantitative estimate of drug-likeness (QED) is 0.168. The monoisotopic (exact) mass is 574 g/mol. The molecule has 3 unspecified atom stereocenters. The van der Waals surface area contributed by atoms with Gasteiger partial charge in [-0.25, -0.2) is 0 Å². The molecule has 0 aromatic carbocycles. The van der Waals surface area contributed by atoms with Gasteiger partial charge in [-0.2, -0.15) is 0 Å². The molecule has 5 atom stereocenters. The van der Waals surface area contributed by atoms with E-state index in [4.69, 9.17) is 14.2 Å². The molecule has 2 aliphatic rings. The third-order valence-electron chi connectivity index (χ3n) is 7.45. The molecule has 2 saturated heterocycles. The fraction of sp³-hybridized carbons (Fsp3) is 0.889. The first kappa shape index (κ1) is 29.1. The summed E-state index contributed by atoms with van der Waals surface area (Å²) in [5, 5.41) is 10.5. The van der Waals surface area contributed by atoms with Crippen LogP contribution in [-0.2, 0) is 19.0 Å². The Balaban J connectivity index is 2.12. The average molecular weight is 573 g/mol. The van der Waals surface area contributed by atoms with Crippen molar-refractivity contribution in [3.63, 3.8) is 0 Å². The van der Waals surface area contributed by atoms with Gasteiger partial charge in [0.15, 0.2) is 0 Å². The topological polar surface area (TPSA) is 65.0 Å². The molecule has 2 aliphatic heterocycles. The predicted octanol–water partition coefficient (Wildman–Crippen LogP) is 6.55. The fourth-order valence-corrected chi connectivity index (χ4v) is 19.7. The van der Waals surface area contributed by atoms with Gasteiger partial charge < -0.3 is 0 Å². The van der Waals surface area contributed by atoms with Crippen molar-refractivity contribution < 1.29 is 24.1 Å². The van der Waals surface area contributed by atoms with E-state index in [9.17, 15) is 9.90 Å². The number of carbonyl (C=O) groups excluding carboxylic acids is 1. The Hall–Kier alpha value is -0.111. The summed E-state index contributed by atoms with van der Waals surface area (Å²) in [6.07, 6.45) is 13.1. The van der Waals surface area contributed by atoms with Gasteiger partial charge in [-0.05, 0) is 0 Å². The van der Waals surface area contributed by atoms with Gasteiger partial charge in [-0.3, -0.25) is 0 Å². The summed E-state index contributed by atoms with van der Waals surface area (Å²) >= 11 is -2.35. The third-order valence-corrected chi connectivity index (χ3v) is 21.7. The third kappa shape index (κ3) is 9.81. The van der Waals surface area contributed by atoms with Crippen molar-refractivity contribution in [2.45, 2.75) is 136 Å². The predicted molar refractivity (Wildman–Crippen MR) is 137 cm³/mol. The molecule has 6 heteroatoms. The van der Waals surface area contributed by atoms with E-state index in [2.05, 4.69) is 30.9 Å². The van der Waals surface area contributed by atoms with Crippen LogP contribution in [0.2, 0.25) is 13.3 Å². The zero-order chi connectivity index (χ0) is 24.1. The molecule has 2 fully saturated rings. The Bertz CT molecular complexity index is 553. The van der Waals surface area contributed by atoms with Crippen molar-refractivity contribution in [3.8, 4) is 0 Å². The zero-order valence-electron chi connectivity index (χ0n) is 21.7. The van der Waals surface area contributed by atoms with Crippen molar-refractivity contribution in [1.29, 1.82) is 0 Å². The summed E-state index contributed by atoms with van der Waals surface area (Å²) in [7, 11) is 0. The SMILES string of the molecule is CCC[CH2][Sn](/[CH]=C/C[C@H](CC1C(=O)O[C@@H](C)C1O)OC1CCCCO1)([CH2]CCC)[CH2]CCC. The fourth-order valence-electron chi connectivity index (χ4n) is 5.25. The normalized spacial score (nSPS) is 27.2. The van der Waals surface area contributed by atoms with Gasteiger partial charge in [0.05, 0.1) is 0 Å². The van der Waals surface area contributed by atoms with Crippen LogP contribution in [0.1, 0.15) is 98.3 Å². The van der Waals surface area contributed by atoms with Crippen molar-refractivity contribution in [2.75, 3.05) is 6.61 Å². The van der Waals surface area contributed by atoms with Crippen molar-refractivity contribution >= 4 is 24.3 Å². The van der Waals surface area contributed by atoms with Gasteiger partial charge in [-0.15, -0.1) is 0 Å². The average Bonchev–Trinajstić information content (AvgIpc) is 3.06. The van der Waals surface area contributed by atoms with E-state index in [1.807, 2.05) is 0 Å². The maximum absolute atomic E-state index is 12.3. The number of unbranched alkanes of at least 4 members (excludes halogenated alkanes) is 3. The second-order valence-corrected chi connectivity index (χ2v) is 23.3. The van der Waals surface area contributed by atoms with Crippen molar-refractivity contribution in [3.05, 3.63) is 10.2 Å². The molecular formula is C27H50O5Sn. The molecule has 192 valence electrons. The molecule has 0 saturated carbocycles. The van der Waals surface area contributed by atoms with E-state index in [1.165, 1.54) is 51.8 Å². The molecular weight excluding hydrogens is 523 g/mol. The van der Waals surface area contributed by atoms with Crippen molar-refractivity contribution in [1.82, 2.24) is 0 Å². The van der Waals surface area contributed by atoms with Crippen LogP contribution in [0.4, 0.5) is 0 Å². The molecule has 0 bridgehead atoms. The first-order chi connectivity index (χ1) is 15.9. The minimum atomic E-state index is -2.35. The molecule has 0 amide bonds. The van der Waals surface area contributed by atoms with Crippen LogP contribution >= 0.6 is 0 Å². The maximum atomic E-state index is 12.3. The Morgan fingerprint density at radius 1 is 1.09 bits per heavy atom. The van der Waals surface area contributed by atoms with E-state index < -0.39 is 36.5 Å². The van der Waals surface area contributed by atoms with Gasteiger partial charge in [0.2, 0.25) is 0 Å². The summed E-state index contributed by atoms with van der Waals surface area (Å²) in [6.45, 7) is 9.42. The molecule has 5 nitrogen and oxygen atoms in total. The summed E-state index contributed by atoms with van der Waals surface area (Å²) < 4.78 is 24.5. The molecule has 0 aromatic heterocycles. The molecule has 0 aliphatic carbocycles. The Labute approximate surface area is 206 Å². The molecule has 33 heavy (non-hydrogen) atoms. The first-order valence-corrected chi connectivity index (χ1v) is 21.5. The Morgan fingerprint density at radius 3 is 2.21 bits per heavy atom. The zero-order valence-corrected chi connectivity index (χ0v) is 24.6. The molecule has 1 N–H and O–H groups in total. The number of esters is 1. The number of rotatable bonds is 16. The van der Waals surface area contributed by atoms with E-state index in [1.54, 1.807) is 6.92 Å². The Morgan fingerprint density at radius 2 is 1.73 bits per heavy atom. The number of aliphatic hydroxyl groups is 1. The number of carbonyl (C=O) groups is 1. The van der Waals surface area contributed by atoms with E-state index in [0.29, 0.717) is 6.42 Å². The van der Waals surface area contributed by atoms with Crippen LogP contribution < -0.4 is 0 Å². The Kier molecular flexibility index (Phi) is 13.9. The number of hydrogen-bond donors (Lipinski definition) is 1. The minimum absolute atomic E-state index is 0.130. The van der Waals surface area contributed by atoms with Gasteiger partial charge >= 0.3 is 207 Å². The molecule has 0 radical (unpaired) electrons. The second-order valence-electron chi connectivity index (χ2n) is 10.3. The van der Waals surface area contributed by atoms with Gasteiger partial charge in [0.25, 0.3) is 0 Å². The standard InChI is InChI=1S/C15H23O5.3C4H9.Sn/c1-3-6-11(20-13-7-4-5-8-18-13)9-12-14(16)10(2)19-15(12)17;3*1-3-4-2;/h1,3,10-14,16H,4-9H2,2H3;3*1,3-4H2,2H3;/t10-,11+,12?,13?,14?;;;;/m0..../s1. The number of hydrogen-bond acceptors (Lipinski definition) is 5. The first-order valence-electron chi connectivity index (χ1n) is 13.8. The summed E-state index contributed by atoms with van der Waals surface area (Å²) in [5.74, 6) is -0.796. The van der Waals surface area contributed by atoms with Gasteiger partial charge in [-0.1, -0.05) is 0 Å². The van der Waals surface area contributed by atoms with Crippen molar-refractivity contribution in [2.24, 2.45) is 5.92 Å². The number of cyclic esters (lactones) is 1. The van der Waals surface area contributed by atoms with E-state index in [-0.39, 0.29) is 18.4 Å². The van der Waals surface area contributed by atoms with Crippen LogP contribution in [-0.4, -0.2) is 60.7 Å². The molecule has 2 rings (SSSR count). The number of aliphatic hydroxyl groups excluding tert-OH is 1. The number of ether oxygens (including phenoxy) is 3. The molecule has 0 spiro atoms. The van der Waals surface area contributed by atoms with E-state index in [0.717, 1.165) is 32.3 Å². The summed E-state index contributed by atoms with van der Waals surface area (Å²) in [5.41, 5.74) is 0. The summed E-state index contributed by atoms with van der Waals surface area (Å²) in [4.78, 5) is 12.3. The van der Waals surface area contributed by atoms with E-state index >= 15 is 0 Å². The summed E-state index contributed by atoms with van der Waals surface area (Å²) in [6, 6.07) is 0. The molecule has 2 heterocycles. The van der Waals surface area contributed by atoms with Crippen LogP contribution in [0.5, 0.6) is 0 Å². The van der Waals surface area contributed by atoms with Crippen LogP contribution in [0.25, 0.3) is 0 Å². The van der Waals surface area contributed by atoms with Crippen LogP contribution in [0, 0.1) is 5.92 Å².